The van der Waals surface area contributed by atoms with E-state index < -0.39 is 5.82 Å². The molecule has 0 bridgehead atoms. The highest BCUT2D eigenvalue weighted by atomic mass is 79.9. The third kappa shape index (κ3) is 4.26. The fourth-order valence-electron chi connectivity index (χ4n) is 1.60. The molecule has 1 aromatic carbocycles. The quantitative estimate of drug-likeness (QED) is 0.816. The van der Waals surface area contributed by atoms with E-state index in [2.05, 4.69) is 36.8 Å². The molecule has 0 aliphatic carbocycles. The number of halogens is 2. The number of rotatable bonds is 4. The fraction of sp³-hybridized carbons (Fsp3) is 0.385. The van der Waals surface area contributed by atoms with E-state index in [1.807, 2.05) is 20.8 Å². The summed E-state index contributed by atoms with van der Waals surface area (Å²) in [7, 11) is 0. The molecular weight excluding hydrogens is 373 g/mol. The molecule has 0 saturated carbocycles. The molecule has 0 atom stereocenters. The Morgan fingerprint density at radius 2 is 2.18 bits per heavy atom. The maximum absolute atomic E-state index is 13.7. The van der Waals surface area contributed by atoms with Crippen molar-refractivity contribution in [1.29, 1.82) is 0 Å². The lowest BCUT2D eigenvalue weighted by molar-refractivity contribution is -0.113. The SMILES string of the molecule is CC(C)(C)n1nnnc1SCC(=O)Nc1ccc(Br)cc1F. The molecule has 1 aromatic heterocycles. The molecular formula is C13H15BrFN5OS. The predicted molar refractivity (Wildman–Crippen MR) is 86.3 cm³/mol. The van der Waals surface area contributed by atoms with Gasteiger partial charge in [-0.15, -0.1) is 5.10 Å². The molecule has 0 radical (unpaired) electrons. The van der Waals surface area contributed by atoms with Gasteiger partial charge >= 0.3 is 0 Å². The number of carbonyl (C=O) groups excluding carboxylic acids is 1. The number of nitrogens with zero attached hydrogens (tertiary/aromatic N) is 4. The van der Waals surface area contributed by atoms with E-state index >= 15 is 0 Å². The standard InChI is InChI=1S/C13H15BrFN5OS/c1-13(2,3)20-12(17-18-19-20)22-7-11(21)16-10-5-4-8(14)6-9(10)15/h4-6H,7H2,1-3H3,(H,16,21). The molecule has 1 amide bonds. The molecule has 1 N–H and O–H groups in total. The number of aromatic nitrogens is 4. The monoisotopic (exact) mass is 387 g/mol. The van der Waals surface area contributed by atoms with Crippen LogP contribution in [0.25, 0.3) is 0 Å². The number of thioether (sulfide) groups is 1. The van der Waals surface area contributed by atoms with E-state index in [9.17, 15) is 9.18 Å². The number of carbonyl (C=O) groups is 1. The number of hydrogen-bond acceptors (Lipinski definition) is 5. The van der Waals surface area contributed by atoms with Crippen molar-refractivity contribution < 1.29 is 9.18 Å². The summed E-state index contributed by atoms with van der Waals surface area (Å²) in [6, 6.07) is 4.45. The van der Waals surface area contributed by atoms with Crippen molar-refractivity contribution in [3.8, 4) is 0 Å². The van der Waals surface area contributed by atoms with E-state index in [0.29, 0.717) is 9.63 Å². The Labute approximate surface area is 140 Å². The number of anilines is 1. The first-order chi connectivity index (χ1) is 10.3. The second-order valence-corrected chi connectivity index (χ2v) is 7.36. The number of amides is 1. The number of hydrogen-bond donors (Lipinski definition) is 1. The van der Waals surface area contributed by atoms with Gasteiger partial charge in [0.1, 0.15) is 5.82 Å². The predicted octanol–water partition coefficient (Wildman–Crippen LogP) is 3.06. The normalized spacial score (nSPS) is 11.5. The molecule has 9 heteroatoms. The zero-order valence-corrected chi connectivity index (χ0v) is 14.7. The van der Waals surface area contributed by atoms with Crippen molar-refractivity contribution in [1.82, 2.24) is 20.2 Å². The molecule has 0 unspecified atom stereocenters. The first-order valence-corrected chi connectivity index (χ1v) is 8.22. The van der Waals surface area contributed by atoms with Gasteiger partial charge in [0, 0.05) is 4.47 Å². The lowest BCUT2D eigenvalue weighted by atomic mass is 10.1. The summed E-state index contributed by atoms with van der Waals surface area (Å²) in [5.74, 6) is -0.728. The maximum Gasteiger partial charge on any atom is 0.234 e. The zero-order valence-electron chi connectivity index (χ0n) is 12.3. The van der Waals surface area contributed by atoms with Crippen LogP contribution in [-0.2, 0) is 10.3 Å². The smallest absolute Gasteiger partial charge is 0.234 e. The second-order valence-electron chi connectivity index (χ2n) is 5.51. The van der Waals surface area contributed by atoms with Crippen molar-refractivity contribution in [3.05, 3.63) is 28.5 Å². The Morgan fingerprint density at radius 1 is 1.45 bits per heavy atom. The highest BCUT2D eigenvalue weighted by Gasteiger charge is 2.20. The summed E-state index contributed by atoms with van der Waals surface area (Å²) in [6.45, 7) is 5.89. The molecule has 0 aliphatic heterocycles. The average Bonchev–Trinajstić information content (AvgIpc) is 2.88. The molecule has 0 fully saturated rings. The summed E-state index contributed by atoms with van der Waals surface area (Å²) in [5.41, 5.74) is -0.135. The van der Waals surface area contributed by atoms with Crippen LogP contribution in [0, 0.1) is 5.82 Å². The van der Waals surface area contributed by atoms with Gasteiger partial charge in [-0.05, 0) is 49.4 Å². The van der Waals surface area contributed by atoms with Crippen LogP contribution in [0.5, 0.6) is 0 Å². The molecule has 22 heavy (non-hydrogen) atoms. The van der Waals surface area contributed by atoms with Gasteiger partial charge in [-0.3, -0.25) is 4.79 Å². The van der Waals surface area contributed by atoms with Crippen molar-refractivity contribution in [3.63, 3.8) is 0 Å². The lowest BCUT2D eigenvalue weighted by Crippen LogP contribution is -2.24. The minimum absolute atomic E-state index is 0.0892. The van der Waals surface area contributed by atoms with Gasteiger partial charge in [0.25, 0.3) is 0 Å². The van der Waals surface area contributed by atoms with Gasteiger partial charge in [0.15, 0.2) is 0 Å². The van der Waals surface area contributed by atoms with Crippen LogP contribution in [0.15, 0.2) is 27.8 Å². The minimum Gasteiger partial charge on any atom is -0.323 e. The van der Waals surface area contributed by atoms with Gasteiger partial charge in [-0.25, -0.2) is 9.07 Å². The minimum atomic E-state index is -0.493. The van der Waals surface area contributed by atoms with E-state index in [4.69, 9.17) is 0 Å². The molecule has 1 heterocycles. The average molecular weight is 388 g/mol. The van der Waals surface area contributed by atoms with E-state index in [-0.39, 0.29) is 22.9 Å². The molecule has 0 spiro atoms. The number of nitrogens with one attached hydrogen (secondary N) is 1. The van der Waals surface area contributed by atoms with E-state index in [1.54, 1.807) is 10.7 Å². The van der Waals surface area contributed by atoms with Crippen molar-refractivity contribution in [2.24, 2.45) is 0 Å². The lowest BCUT2D eigenvalue weighted by Gasteiger charge is -2.19. The van der Waals surface area contributed by atoms with E-state index in [1.165, 1.54) is 23.9 Å². The number of tetrazole rings is 1. The molecule has 0 saturated heterocycles. The van der Waals surface area contributed by atoms with Crippen LogP contribution in [0.1, 0.15) is 20.8 Å². The topological polar surface area (TPSA) is 72.7 Å². The van der Waals surface area contributed by atoms with E-state index in [0.717, 1.165) is 0 Å². The van der Waals surface area contributed by atoms with Gasteiger partial charge in [-0.2, -0.15) is 0 Å². The van der Waals surface area contributed by atoms with Crippen LogP contribution in [0.4, 0.5) is 10.1 Å². The molecule has 118 valence electrons. The highest BCUT2D eigenvalue weighted by Crippen LogP contribution is 2.22. The van der Waals surface area contributed by atoms with Crippen LogP contribution in [0.2, 0.25) is 0 Å². The van der Waals surface area contributed by atoms with Gasteiger partial charge < -0.3 is 5.32 Å². The first-order valence-electron chi connectivity index (χ1n) is 6.44. The molecule has 0 aliphatic rings. The third-order valence-corrected chi connectivity index (χ3v) is 4.03. The van der Waals surface area contributed by atoms with Crippen LogP contribution < -0.4 is 5.32 Å². The van der Waals surface area contributed by atoms with Crippen molar-refractivity contribution in [2.45, 2.75) is 31.5 Å². The Bertz CT molecular complexity index is 685. The Kier molecular flexibility index (Phi) is 5.17. The molecule has 2 rings (SSSR count). The maximum atomic E-state index is 13.7. The summed E-state index contributed by atoms with van der Waals surface area (Å²) < 4.78 is 15.9. The number of benzene rings is 1. The first kappa shape index (κ1) is 16.9. The Morgan fingerprint density at radius 3 is 2.82 bits per heavy atom. The summed E-state index contributed by atoms with van der Waals surface area (Å²) in [4.78, 5) is 11.9. The largest absolute Gasteiger partial charge is 0.323 e. The highest BCUT2D eigenvalue weighted by molar-refractivity contribution is 9.10. The Balaban J connectivity index is 1.98. The van der Waals surface area contributed by atoms with Crippen LogP contribution in [0.3, 0.4) is 0 Å². The van der Waals surface area contributed by atoms with Crippen LogP contribution in [-0.4, -0.2) is 31.9 Å². The second kappa shape index (κ2) is 6.74. The fourth-order valence-corrected chi connectivity index (χ4v) is 2.79. The third-order valence-electron chi connectivity index (χ3n) is 2.61. The van der Waals surface area contributed by atoms with Crippen molar-refractivity contribution >= 4 is 39.3 Å². The van der Waals surface area contributed by atoms with Crippen molar-refractivity contribution in [2.75, 3.05) is 11.1 Å². The summed E-state index contributed by atoms with van der Waals surface area (Å²) in [5, 5.41) is 14.5. The summed E-state index contributed by atoms with van der Waals surface area (Å²) >= 11 is 4.36. The molecule has 6 nitrogen and oxygen atoms in total. The molecule has 2 aromatic rings. The van der Waals surface area contributed by atoms with Gasteiger partial charge in [-0.1, -0.05) is 27.7 Å². The van der Waals surface area contributed by atoms with Gasteiger partial charge in [0.2, 0.25) is 11.1 Å². The zero-order chi connectivity index (χ0) is 16.3. The summed E-state index contributed by atoms with van der Waals surface area (Å²) in [6.07, 6.45) is 0. The Hall–Kier alpha value is -1.48. The van der Waals surface area contributed by atoms with Gasteiger partial charge in [0.05, 0.1) is 17.0 Å². The van der Waals surface area contributed by atoms with Crippen LogP contribution >= 0.6 is 27.7 Å².